The molecule has 136 valence electrons. The lowest BCUT2D eigenvalue weighted by Gasteiger charge is -2.58. The zero-order valence-electron chi connectivity index (χ0n) is 15.2. The molecule has 1 N–H and O–H groups in total. The maximum atomic E-state index is 12.3. The summed E-state index contributed by atoms with van der Waals surface area (Å²) >= 11 is 0. The van der Waals surface area contributed by atoms with Crippen LogP contribution in [-0.2, 0) is 14.1 Å². The lowest BCUT2D eigenvalue weighted by Crippen LogP contribution is -2.50. The molecule has 0 amide bonds. The van der Waals surface area contributed by atoms with Crippen molar-refractivity contribution in [3.63, 3.8) is 0 Å². The molecule has 25 heavy (non-hydrogen) atoms. The Morgan fingerprint density at radius 1 is 1.08 bits per heavy atom. The van der Waals surface area contributed by atoms with Gasteiger partial charge in [-0.25, -0.2) is 4.79 Å². The minimum Gasteiger partial charge on any atom is -0.494 e. The largest absolute Gasteiger partial charge is 0.494 e. The third-order valence-electron chi connectivity index (χ3n) is 7.07. The molecule has 1 aromatic heterocycles. The van der Waals surface area contributed by atoms with Crippen LogP contribution < -0.4 is 11.2 Å². The Balaban J connectivity index is 1.65. The fraction of sp³-hybridized carbons (Fsp3) is 0.737. The quantitative estimate of drug-likeness (QED) is 0.849. The summed E-state index contributed by atoms with van der Waals surface area (Å²) in [5.41, 5.74) is -0.677. The number of nitrogens with zero attached hydrogens (tertiary/aromatic N) is 3. The SMILES string of the molecule is CC(N=Cc1c(O)n(C)c(=O)n(C)c1=O)C12CC3CC(CC(C3)C1)C2. The maximum Gasteiger partial charge on any atom is 0.333 e. The van der Waals surface area contributed by atoms with Gasteiger partial charge in [0.25, 0.3) is 5.56 Å². The summed E-state index contributed by atoms with van der Waals surface area (Å²) in [7, 11) is 2.88. The van der Waals surface area contributed by atoms with E-state index in [0.29, 0.717) is 0 Å². The molecule has 4 fully saturated rings. The van der Waals surface area contributed by atoms with E-state index in [0.717, 1.165) is 26.9 Å². The molecule has 1 aromatic rings. The summed E-state index contributed by atoms with van der Waals surface area (Å²) in [4.78, 5) is 28.9. The van der Waals surface area contributed by atoms with Gasteiger partial charge >= 0.3 is 5.69 Å². The molecular weight excluding hydrogens is 318 g/mol. The topological polar surface area (TPSA) is 76.6 Å². The average Bonchev–Trinajstić information content (AvgIpc) is 2.57. The summed E-state index contributed by atoms with van der Waals surface area (Å²) in [6.45, 7) is 2.15. The number of hydrogen-bond acceptors (Lipinski definition) is 4. The Kier molecular flexibility index (Phi) is 3.71. The number of aliphatic imine (C=N–C) groups is 1. The van der Waals surface area contributed by atoms with Crippen molar-refractivity contribution in [2.75, 3.05) is 0 Å². The van der Waals surface area contributed by atoms with E-state index in [-0.39, 0.29) is 22.9 Å². The van der Waals surface area contributed by atoms with Gasteiger partial charge in [-0.15, -0.1) is 0 Å². The van der Waals surface area contributed by atoms with Gasteiger partial charge in [-0.05, 0) is 68.6 Å². The van der Waals surface area contributed by atoms with E-state index in [2.05, 4.69) is 6.92 Å². The highest BCUT2D eigenvalue weighted by Gasteiger charge is 2.53. The van der Waals surface area contributed by atoms with Crippen LogP contribution in [0.15, 0.2) is 14.6 Å². The molecule has 6 heteroatoms. The van der Waals surface area contributed by atoms with Crippen LogP contribution in [-0.4, -0.2) is 26.5 Å². The fourth-order valence-electron chi connectivity index (χ4n) is 6.01. The van der Waals surface area contributed by atoms with Crippen molar-refractivity contribution in [3.05, 3.63) is 26.4 Å². The van der Waals surface area contributed by atoms with Crippen LogP contribution in [0.3, 0.4) is 0 Å². The van der Waals surface area contributed by atoms with Crippen LogP contribution in [0.5, 0.6) is 5.88 Å². The highest BCUT2D eigenvalue weighted by molar-refractivity contribution is 5.82. The molecule has 1 heterocycles. The number of aromatic nitrogens is 2. The molecule has 4 saturated carbocycles. The van der Waals surface area contributed by atoms with E-state index in [1.165, 1.54) is 58.8 Å². The highest BCUT2D eigenvalue weighted by atomic mass is 16.3. The Morgan fingerprint density at radius 2 is 1.60 bits per heavy atom. The minimum atomic E-state index is -0.534. The summed E-state index contributed by atoms with van der Waals surface area (Å²) in [5, 5.41) is 10.2. The van der Waals surface area contributed by atoms with Crippen molar-refractivity contribution >= 4 is 6.21 Å². The van der Waals surface area contributed by atoms with Crippen molar-refractivity contribution in [3.8, 4) is 5.88 Å². The molecule has 0 radical (unpaired) electrons. The smallest absolute Gasteiger partial charge is 0.333 e. The molecular formula is C19H27N3O3. The molecule has 0 saturated heterocycles. The lowest BCUT2D eigenvalue weighted by molar-refractivity contribution is -0.0632. The van der Waals surface area contributed by atoms with E-state index >= 15 is 0 Å². The molecule has 4 bridgehead atoms. The van der Waals surface area contributed by atoms with Gasteiger partial charge in [-0.3, -0.25) is 18.9 Å². The molecule has 0 spiro atoms. The normalized spacial score (nSPS) is 34.8. The molecule has 6 nitrogen and oxygen atoms in total. The maximum absolute atomic E-state index is 12.3. The second kappa shape index (κ2) is 5.58. The molecule has 0 aliphatic heterocycles. The molecule has 1 atom stereocenters. The monoisotopic (exact) mass is 345 g/mol. The van der Waals surface area contributed by atoms with Crippen molar-refractivity contribution in [1.82, 2.24) is 9.13 Å². The van der Waals surface area contributed by atoms with E-state index in [4.69, 9.17) is 4.99 Å². The van der Waals surface area contributed by atoms with E-state index in [9.17, 15) is 14.7 Å². The third-order valence-corrected chi connectivity index (χ3v) is 7.07. The molecule has 4 aliphatic carbocycles. The first kappa shape index (κ1) is 16.6. The summed E-state index contributed by atoms with van der Waals surface area (Å²) in [6.07, 6.45) is 9.38. The van der Waals surface area contributed by atoms with Gasteiger partial charge < -0.3 is 5.11 Å². The third kappa shape index (κ3) is 2.49. The van der Waals surface area contributed by atoms with Gasteiger partial charge in [-0.1, -0.05) is 0 Å². The van der Waals surface area contributed by atoms with Crippen LogP contribution in [0.1, 0.15) is 51.0 Å². The highest BCUT2D eigenvalue weighted by Crippen LogP contribution is 2.61. The van der Waals surface area contributed by atoms with Crippen LogP contribution >= 0.6 is 0 Å². The van der Waals surface area contributed by atoms with Gasteiger partial charge in [0.15, 0.2) is 0 Å². The molecule has 4 aliphatic rings. The lowest BCUT2D eigenvalue weighted by atomic mass is 9.48. The standard InChI is InChI=1S/C19H27N3O3/c1-11(19-7-12-4-13(8-19)6-14(5-12)9-19)20-10-15-16(23)21(2)18(25)22(3)17(15)24/h10-14,23H,4-9H2,1-3H3. The van der Waals surface area contributed by atoms with Crippen molar-refractivity contribution in [2.24, 2.45) is 42.3 Å². The van der Waals surface area contributed by atoms with Gasteiger partial charge in [0.1, 0.15) is 5.56 Å². The first-order valence-electron chi connectivity index (χ1n) is 9.33. The van der Waals surface area contributed by atoms with Crippen LogP contribution in [0, 0.1) is 23.2 Å². The van der Waals surface area contributed by atoms with E-state index in [1.807, 2.05) is 0 Å². The zero-order valence-corrected chi connectivity index (χ0v) is 15.2. The number of hydrogen-bond donors (Lipinski definition) is 1. The molecule has 0 aromatic carbocycles. The van der Waals surface area contributed by atoms with Crippen LogP contribution in [0.25, 0.3) is 0 Å². The number of aromatic hydroxyl groups is 1. The van der Waals surface area contributed by atoms with Gasteiger partial charge in [0, 0.05) is 20.3 Å². The Hall–Kier alpha value is -1.85. The first-order valence-corrected chi connectivity index (χ1v) is 9.33. The number of rotatable bonds is 3. The van der Waals surface area contributed by atoms with Crippen LogP contribution in [0.4, 0.5) is 0 Å². The van der Waals surface area contributed by atoms with E-state index in [1.54, 1.807) is 0 Å². The van der Waals surface area contributed by atoms with Gasteiger partial charge in [0.2, 0.25) is 5.88 Å². The predicted molar refractivity (Wildman–Crippen MR) is 96.2 cm³/mol. The second-order valence-corrected chi connectivity index (χ2v) is 8.68. The minimum absolute atomic E-state index is 0.0983. The zero-order chi connectivity index (χ0) is 17.9. The molecule has 1 unspecified atom stereocenters. The van der Waals surface area contributed by atoms with E-state index < -0.39 is 11.2 Å². The van der Waals surface area contributed by atoms with Crippen molar-refractivity contribution in [1.29, 1.82) is 0 Å². The molecule has 5 rings (SSSR count). The van der Waals surface area contributed by atoms with Gasteiger partial charge in [0.05, 0.1) is 6.04 Å². The Labute approximate surface area is 147 Å². The summed E-state index contributed by atoms with van der Waals surface area (Å²) < 4.78 is 2.09. The van der Waals surface area contributed by atoms with Crippen molar-refractivity contribution < 1.29 is 5.11 Å². The Morgan fingerprint density at radius 3 is 2.12 bits per heavy atom. The summed E-state index contributed by atoms with van der Waals surface area (Å²) in [6, 6.07) is 0.127. The van der Waals surface area contributed by atoms with Crippen molar-refractivity contribution in [2.45, 2.75) is 51.5 Å². The van der Waals surface area contributed by atoms with Gasteiger partial charge in [-0.2, -0.15) is 0 Å². The fourth-order valence-corrected chi connectivity index (χ4v) is 6.01. The average molecular weight is 345 g/mol. The predicted octanol–water partition coefficient (Wildman–Crippen LogP) is 1.81. The Bertz CT molecular complexity index is 813. The second-order valence-electron chi connectivity index (χ2n) is 8.68. The summed E-state index contributed by atoms with van der Waals surface area (Å²) in [5.74, 6) is 2.24. The first-order chi connectivity index (χ1) is 11.8. The van der Waals surface area contributed by atoms with Crippen LogP contribution in [0.2, 0.25) is 0 Å².